The van der Waals surface area contributed by atoms with Gasteiger partial charge in [0, 0.05) is 13.1 Å². The first-order chi connectivity index (χ1) is 7.61. The lowest BCUT2D eigenvalue weighted by molar-refractivity contribution is 0.0778. The molecule has 0 heterocycles. The zero-order valence-corrected chi connectivity index (χ0v) is 9.18. The number of rotatable bonds is 4. The molecule has 0 spiro atoms. The van der Waals surface area contributed by atoms with Crippen LogP contribution < -0.4 is 0 Å². The molecule has 0 unspecified atom stereocenters. The molecule has 0 saturated heterocycles. The Morgan fingerprint density at radius 1 is 1.50 bits per heavy atom. The number of benzene rings is 1. The molecule has 0 fully saturated rings. The average molecular weight is 221 g/mol. The van der Waals surface area contributed by atoms with E-state index < -0.39 is 0 Å². The van der Waals surface area contributed by atoms with Crippen LogP contribution in [0.3, 0.4) is 0 Å². The van der Waals surface area contributed by atoms with Crippen molar-refractivity contribution in [1.82, 2.24) is 4.90 Å². The Kier molecular flexibility index (Phi) is 3.94. The summed E-state index contributed by atoms with van der Waals surface area (Å²) in [6, 6.07) is 4.32. The van der Waals surface area contributed by atoms with Crippen LogP contribution >= 0.6 is 0 Å². The summed E-state index contributed by atoms with van der Waals surface area (Å²) < 4.78 is 0. The van der Waals surface area contributed by atoms with Crippen LogP contribution in [0.5, 0.6) is 11.5 Å². The predicted octanol–water partition coefficient (Wildman–Crippen LogP) is 1.75. The van der Waals surface area contributed by atoms with Gasteiger partial charge in [-0.25, -0.2) is 0 Å². The van der Waals surface area contributed by atoms with Crippen molar-refractivity contribution in [3.8, 4) is 11.5 Å². The lowest BCUT2D eigenvalue weighted by atomic mass is 10.1. The number of carbonyl (C=O) groups is 1. The number of aromatic hydroxyl groups is 2. The molecule has 1 aromatic rings. The molecule has 1 aromatic carbocycles. The largest absolute Gasteiger partial charge is 0.504 e. The minimum Gasteiger partial charge on any atom is -0.504 e. The molecular weight excluding hydrogens is 206 g/mol. The molecule has 0 saturated carbocycles. The van der Waals surface area contributed by atoms with E-state index in [0.29, 0.717) is 13.1 Å². The van der Waals surface area contributed by atoms with Crippen LogP contribution in [0.4, 0.5) is 0 Å². The van der Waals surface area contributed by atoms with Crippen molar-refractivity contribution >= 4 is 5.91 Å². The summed E-state index contributed by atoms with van der Waals surface area (Å²) >= 11 is 0. The van der Waals surface area contributed by atoms with Crippen molar-refractivity contribution in [3.05, 3.63) is 36.4 Å². The Labute approximate surface area is 94.4 Å². The van der Waals surface area contributed by atoms with Crippen molar-refractivity contribution in [3.63, 3.8) is 0 Å². The van der Waals surface area contributed by atoms with E-state index in [1.165, 1.54) is 23.1 Å². The van der Waals surface area contributed by atoms with Crippen molar-refractivity contribution in [2.45, 2.75) is 6.92 Å². The van der Waals surface area contributed by atoms with Crippen LogP contribution in [-0.2, 0) is 0 Å². The number of likely N-dealkylation sites (N-methyl/N-ethyl adjacent to an activating group) is 1. The van der Waals surface area contributed by atoms with E-state index in [-0.39, 0.29) is 23.0 Å². The summed E-state index contributed by atoms with van der Waals surface area (Å²) in [5.74, 6) is -0.994. The van der Waals surface area contributed by atoms with Gasteiger partial charge in [-0.3, -0.25) is 4.79 Å². The molecule has 4 heteroatoms. The number of nitrogens with zero attached hydrogens (tertiary/aromatic N) is 1. The van der Waals surface area contributed by atoms with Crippen LogP contribution in [0.2, 0.25) is 0 Å². The highest BCUT2D eigenvalue weighted by atomic mass is 16.3. The number of phenols is 2. The van der Waals surface area contributed by atoms with E-state index in [9.17, 15) is 15.0 Å². The van der Waals surface area contributed by atoms with Gasteiger partial charge in [-0.05, 0) is 19.1 Å². The smallest absolute Gasteiger partial charge is 0.258 e. The molecule has 0 aromatic heterocycles. The van der Waals surface area contributed by atoms with Gasteiger partial charge >= 0.3 is 0 Å². The zero-order valence-electron chi connectivity index (χ0n) is 9.18. The fourth-order valence-corrected chi connectivity index (χ4v) is 1.39. The van der Waals surface area contributed by atoms with Gasteiger partial charge in [-0.1, -0.05) is 12.1 Å². The fraction of sp³-hybridized carbons (Fsp3) is 0.250. The molecule has 0 aliphatic rings. The molecule has 0 bridgehead atoms. The van der Waals surface area contributed by atoms with Crippen LogP contribution in [0, 0.1) is 0 Å². The normalized spacial score (nSPS) is 9.81. The summed E-state index contributed by atoms with van der Waals surface area (Å²) in [4.78, 5) is 13.5. The average Bonchev–Trinajstić information content (AvgIpc) is 2.29. The van der Waals surface area contributed by atoms with Gasteiger partial charge in [-0.15, -0.1) is 6.58 Å². The fourth-order valence-electron chi connectivity index (χ4n) is 1.39. The molecule has 1 amide bonds. The first-order valence-corrected chi connectivity index (χ1v) is 5.03. The standard InChI is InChI=1S/C12H15NO3/c1-3-8-13(4-2)12(16)9-6-5-7-10(14)11(9)15/h3,5-7,14-15H,1,4,8H2,2H3. The van der Waals surface area contributed by atoms with Gasteiger partial charge in [0.25, 0.3) is 5.91 Å². The molecule has 86 valence electrons. The van der Waals surface area contributed by atoms with E-state index in [2.05, 4.69) is 6.58 Å². The Hall–Kier alpha value is -1.97. The summed E-state index contributed by atoms with van der Waals surface area (Å²) in [5.41, 5.74) is 0.101. The number of hydrogen-bond acceptors (Lipinski definition) is 3. The van der Waals surface area contributed by atoms with Gasteiger partial charge in [0.2, 0.25) is 0 Å². The summed E-state index contributed by atoms with van der Waals surface area (Å²) in [7, 11) is 0. The second-order valence-corrected chi connectivity index (χ2v) is 3.31. The molecule has 4 nitrogen and oxygen atoms in total. The Morgan fingerprint density at radius 2 is 2.19 bits per heavy atom. The third kappa shape index (κ3) is 2.34. The third-order valence-corrected chi connectivity index (χ3v) is 2.26. The maximum Gasteiger partial charge on any atom is 0.258 e. The molecule has 2 N–H and O–H groups in total. The summed E-state index contributed by atoms with van der Waals surface area (Å²) in [6.07, 6.45) is 1.61. The second kappa shape index (κ2) is 5.21. The van der Waals surface area contributed by atoms with Gasteiger partial charge in [0.05, 0.1) is 5.56 Å². The topological polar surface area (TPSA) is 60.8 Å². The number of amides is 1. The quantitative estimate of drug-likeness (QED) is 0.601. The van der Waals surface area contributed by atoms with E-state index in [4.69, 9.17) is 0 Å². The number of phenolic OH excluding ortho intramolecular Hbond substituents is 2. The number of carbonyl (C=O) groups excluding carboxylic acids is 1. The van der Waals surface area contributed by atoms with Gasteiger partial charge < -0.3 is 15.1 Å². The predicted molar refractivity (Wildman–Crippen MR) is 61.5 cm³/mol. The molecule has 0 atom stereocenters. The van der Waals surface area contributed by atoms with E-state index in [1.807, 2.05) is 6.92 Å². The SMILES string of the molecule is C=CCN(CC)C(=O)c1cccc(O)c1O. The highest BCUT2D eigenvalue weighted by Crippen LogP contribution is 2.28. The lowest BCUT2D eigenvalue weighted by Crippen LogP contribution is -2.30. The second-order valence-electron chi connectivity index (χ2n) is 3.31. The maximum atomic E-state index is 11.9. The molecule has 0 radical (unpaired) electrons. The summed E-state index contributed by atoms with van der Waals surface area (Å²) in [5, 5.41) is 18.8. The minimum atomic E-state index is -0.380. The molecule has 0 aliphatic carbocycles. The Bertz CT molecular complexity index is 401. The van der Waals surface area contributed by atoms with Crippen LogP contribution in [-0.4, -0.2) is 34.1 Å². The molecular formula is C12H15NO3. The first kappa shape index (κ1) is 12.1. The maximum absolute atomic E-state index is 11.9. The van der Waals surface area contributed by atoms with E-state index in [1.54, 1.807) is 6.08 Å². The monoisotopic (exact) mass is 221 g/mol. The van der Waals surface area contributed by atoms with Gasteiger partial charge in [0.15, 0.2) is 11.5 Å². The summed E-state index contributed by atoms with van der Waals surface area (Å²) in [6.45, 7) is 6.31. The molecule has 1 rings (SSSR count). The molecule has 0 aliphatic heterocycles. The van der Waals surface area contributed by atoms with Gasteiger partial charge in [-0.2, -0.15) is 0 Å². The van der Waals surface area contributed by atoms with Crippen LogP contribution in [0.1, 0.15) is 17.3 Å². The van der Waals surface area contributed by atoms with E-state index in [0.717, 1.165) is 0 Å². The van der Waals surface area contributed by atoms with Crippen molar-refractivity contribution < 1.29 is 15.0 Å². The minimum absolute atomic E-state index is 0.101. The first-order valence-electron chi connectivity index (χ1n) is 5.03. The third-order valence-electron chi connectivity index (χ3n) is 2.26. The Morgan fingerprint density at radius 3 is 2.75 bits per heavy atom. The zero-order chi connectivity index (χ0) is 12.1. The van der Waals surface area contributed by atoms with Gasteiger partial charge in [0.1, 0.15) is 0 Å². The Balaban J connectivity index is 3.03. The lowest BCUT2D eigenvalue weighted by Gasteiger charge is -2.19. The highest BCUT2D eigenvalue weighted by Gasteiger charge is 2.18. The van der Waals surface area contributed by atoms with Crippen molar-refractivity contribution in [2.24, 2.45) is 0 Å². The number of hydrogen-bond donors (Lipinski definition) is 2. The van der Waals surface area contributed by atoms with Crippen molar-refractivity contribution in [1.29, 1.82) is 0 Å². The van der Waals surface area contributed by atoms with E-state index >= 15 is 0 Å². The number of para-hydroxylation sites is 1. The molecule has 16 heavy (non-hydrogen) atoms. The highest BCUT2D eigenvalue weighted by molar-refractivity contribution is 5.97. The van der Waals surface area contributed by atoms with Crippen LogP contribution in [0.25, 0.3) is 0 Å². The van der Waals surface area contributed by atoms with Crippen LogP contribution in [0.15, 0.2) is 30.9 Å². The van der Waals surface area contributed by atoms with Crippen molar-refractivity contribution in [2.75, 3.05) is 13.1 Å².